The second-order valence-corrected chi connectivity index (χ2v) is 15.4. The van der Waals surface area contributed by atoms with Gasteiger partial charge in [-0.2, -0.15) is 26.3 Å². The maximum Gasteiger partial charge on any atom is 0.416 e. The summed E-state index contributed by atoms with van der Waals surface area (Å²) in [6.07, 6.45) is -8.72. The van der Waals surface area contributed by atoms with Crippen molar-refractivity contribution in [3.05, 3.63) is 108 Å². The van der Waals surface area contributed by atoms with Gasteiger partial charge in [0.05, 0.1) is 29.9 Å². The molecule has 4 aromatic heterocycles. The van der Waals surface area contributed by atoms with Gasteiger partial charge in [-0.15, -0.1) is 45.3 Å². The monoisotopic (exact) mass is 690 g/mol. The fraction of sp³-hybridized carbons (Fsp3) is 0.0556. The first-order valence-electron chi connectivity index (χ1n) is 14.0. The Morgan fingerprint density at radius 2 is 0.630 bits per heavy atom. The summed E-state index contributed by atoms with van der Waals surface area (Å²) < 4.78 is 87.7. The van der Waals surface area contributed by atoms with Crippen LogP contribution in [0, 0.1) is 0 Å². The Kier molecular flexibility index (Phi) is 6.01. The summed E-state index contributed by atoms with van der Waals surface area (Å²) in [5, 5.41) is 4.69. The maximum absolute atomic E-state index is 13.0. The van der Waals surface area contributed by atoms with Gasteiger partial charge >= 0.3 is 12.4 Å². The molecule has 0 aliphatic rings. The third kappa shape index (κ3) is 4.38. The van der Waals surface area contributed by atoms with Crippen molar-refractivity contribution in [3.8, 4) is 22.3 Å². The molecule has 0 N–H and O–H groups in total. The maximum atomic E-state index is 13.0. The van der Waals surface area contributed by atoms with Crippen molar-refractivity contribution in [1.82, 2.24) is 0 Å². The van der Waals surface area contributed by atoms with Crippen molar-refractivity contribution in [2.75, 3.05) is 0 Å². The van der Waals surface area contributed by atoms with Crippen molar-refractivity contribution in [2.45, 2.75) is 12.4 Å². The molecule has 0 bridgehead atoms. The van der Waals surface area contributed by atoms with Gasteiger partial charge in [-0.3, -0.25) is 0 Å². The molecule has 0 atom stereocenters. The van der Waals surface area contributed by atoms with E-state index in [9.17, 15) is 26.3 Å². The highest BCUT2D eigenvalue weighted by Gasteiger charge is 2.31. The van der Waals surface area contributed by atoms with Gasteiger partial charge in [0.25, 0.3) is 0 Å². The number of halogens is 6. The molecule has 226 valence electrons. The summed E-state index contributed by atoms with van der Waals surface area (Å²) in [6.45, 7) is 0. The number of thiophene rings is 4. The Hall–Kier alpha value is -3.96. The lowest BCUT2D eigenvalue weighted by molar-refractivity contribution is -0.138. The molecule has 9 aromatic rings. The highest BCUT2D eigenvalue weighted by molar-refractivity contribution is 7.38. The molecule has 0 aliphatic carbocycles. The van der Waals surface area contributed by atoms with Crippen LogP contribution < -0.4 is 0 Å². The topological polar surface area (TPSA) is 0 Å². The van der Waals surface area contributed by atoms with Crippen LogP contribution in [-0.4, -0.2) is 0 Å². The number of alkyl halides is 6. The first-order valence-corrected chi connectivity index (χ1v) is 17.3. The van der Waals surface area contributed by atoms with E-state index in [0.717, 1.165) is 66.7 Å². The SMILES string of the molecule is FC(F)(F)c1ccc(-c2ccc3c(c2)sc2c4cc5sc6c7ccc(-c8ccc(C(F)(F)F)cc8)cc7sc6c5cc4sc32)cc1. The summed E-state index contributed by atoms with van der Waals surface area (Å²) in [7, 11) is 0. The molecule has 10 heteroatoms. The molecule has 0 spiro atoms. The van der Waals surface area contributed by atoms with Crippen LogP contribution in [-0.2, 0) is 12.4 Å². The number of benzene rings is 5. The van der Waals surface area contributed by atoms with Crippen LogP contribution in [0.4, 0.5) is 26.3 Å². The lowest BCUT2D eigenvalue weighted by Gasteiger charge is -2.08. The number of rotatable bonds is 2. The molecule has 0 fully saturated rings. The van der Waals surface area contributed by atoms with Crippen LogP contribution in [0.2, 0.25) is 0 Å². The predicted molar refractivity (Wildman–Crippen MR) is 184 cm³/mol. The van der Waals surface area contributed by atoms with E-state index in [1.165, 1.54) is 63.2 Å². The van der Waals surface area contributed by atoms with E-state index in [1.807, 2.05) is 12.1 Å². The minimum Gasteiger partial charge on any atom is -0.166 e. The standard InChI is InChI=1S/C36H16F6S4/c37-35(38,39)21-7-1-17(2-8-21)19-5-11-23-27(13-19)43-33-25-15-30-26(16-29(25)45-31(23)33)34-32(46-30)24-12-6-20(14-28(24)44-34)18-3-9-22(10-4-18)36(40,41)42/h1-16H. The Bertz CT molecular complexity index is 2460. The normalized spacial score (nSPS) is 13.0. The molecule has 0 aliphatic heterocycles. The van der Waals surface area contributed by atoms with Crippen molar-refractivity contribution in [3.63, 3.8) is 0 Å². The summed E-state index contributed by atoms with van der Waals surface area (Å²) in [6, 6.07) is 27.3. The van der Waals surface area contributed by atoms with Gasteiger partial charge in [-0.1, -0.05) is 48.5 Å². The number of hydrogen-bond donors (Lipinski definition) is 0. The molecule has 0 saturated heterocycles. The van der Waals surface area contributed by atoms with Gasteiger partial charge in [0.15, 0.2) is 0 Å². The van der Waals surface area contributed by atoms with Gasteiger partial charge in [-0.25, -0.2) is 0 Å². The van der Waals surface area contributed by atoms with Gasteiger partial charge in [0.2, 0.25) is 0 Å². The lowest BCUT2D eigenvalue weighted by atomic mass is 10.0. The minimum absolute atomic E-state index is 0.656. The molecule has 0 saturated carbocycles. The van der Waals surface area contributed by atoms with Crippen LogP contribution >= 0.6 is 45.3 Å². The first kappa shape index (κ1) is 28.3. The molecule has 0 unspecified atom stereocenters. The van der Waals surface area contributed by atoms with E-state index in [1.54, 1.807) is 45.3 Å². The molecule has 0 radical (unpaired) electrons. The van der Waals surface area contributed by atoms with E-state index >= 15 is 0 Å². The van der Waals surface area contributed by atoms with Gasteiger partial charge in [0.1, 0.15) is 0 Å². The molecule has 46 heavy (non-hydrogen) atoms. The molecular weight excluding hydrogens is 675 g/mol. The molecule has 4 heterocycles. The summed E-state index contributed by atoms with van der Waals surface area (Å²) in [5.74, 6) is 0. The van der Waals surface area contributed by atoms with E-state index < -0.39 is 23.5 Å². The molecule has 5 aromatic carbocycles. The van der Waals surface area contributed by atoms with E-state index in [4.69, 9.17) is 0 Å². The lowest BCUT2D eigenvalue weighted by Crippen LogP contribution is -2.03. The summed E-state index contributed by atoms with van der Waals surface area (Å²) in [4.78, 5) is 0. The Labute approximate surface area is 272 Å². The Balaban J connectivity index is 1.11. The second-order valence-electron chi connectivity index (χ2n) is 11.1. The van der Waals surface area contributed by atoms with Crippen molar-refractivity contribution >= 4 is 104 Å². The van der Waals surface area contributed by atoms with Gasteiger partial charge < -0.3 is 0 Å². The van der Waals surface area contributed by atoms with Crippen LogP contribution in [0.3, 0.4) is 0 Å². The highest BCUT2D eigenvalue weighted by atomic mass is 32.1. The zero-order valence-electron chi connectivity index (χ0n) is 23.1. The van der Waals surface area contributed by atoms with E-state index in [-0.39, 0.29) is 0 Å². The first-order chi connectivity index (χ1) is 22.0. The second kappa shape index (κ2) is 9.78. The molecule has 0 nitrogen and oxygen atoms in total. The van der Waals surface area contributed by atoms with Gasteiger partial charge in [-0.05, 0) is 70.8 Å². The summed E-state index contributed by atoms with van der Waals surface area (Å²) >= 11 is 6.93. The van der Waals surface area contributed by atoms with Crippen molar-refractivity contribution in [1.29, 1.82) is 0 Å². The zero-order chi connectivity index (χ0) is 31.5. The Morgan fingerprint density at radius 3 is 0.978 bits per heavy atom. The summed E-state index contributed by atoms with van der Waals surface area (Å²) in [5.41, 5.74) is 1.95. The largest absolute Gasteiger partial charge is 0.416 e. The highest BCUT2D eigenvalue weighted by Crippen LogP contribution is 2.50. The number of fused-ring (bicyclic) bond motifs is 10. The third-order valence-electron chi connectivity index (χ3n) is 8.38. The molecule has 0 amide bonds. The number of hydrogen-bond acceptors (Lipinski definition) is 4. The fourth-order valence-corrected chi connectivity index (χ4v) is 11.5. The quantitative estimate of drug-likeness (QED) is 0.158. The van der Waals surface area contributed by atoms with Gasteiger partial charge in [0, 0.05) is 40.3 Å². The van der Waals surface area contributed by atoms with Crippen molar-refractivity contribution in [2.24, 2.45) is 0 Å². The van der Waals surface area contributed by atoms with Crippen molar-refractivity contribution < 1.29 is 26.3 Å². The van der Waals surface area contributed by atoms with Crippen LogP contribution in [0.1, 0.15) is 11.1 Å². The minimum atomic E-state index is -4.36. The molecular formula is C36H16F6S4. The Morgan fingerprint density at radius 1 is 0.326 bits per heavy atom. The fourth-order valence-electron chi connectivity index (χ4n) is 6.07. The average molecular weight is 691 g/mol. The average Bonchev–Trinajstić information content (AvgIpc) is 3.76. The zero-order valence-corrected chi connectivity index (χ0v) is 26.4. The van der Waals surface area contributed by atoms with Crippen LogP contribution in [0.15, 0.2) is 97.1 Å². The third-order valence-corrected chi connectivity index (χ3v) is 13.4. The van der Waals surface area contributed by atoms with E-state index in [0.29, 0.717) is 0 Å². The van der Waals surface area contributed by atoms with Crippen LogP contribution in [0.25, 0.3) is 81.4 Å². The van der Waals surface area contributed by atoms with E-state index in [2.05, 4.69) is 36.4 Å². The predicted octanol–water partition coefficient (Wildman–Crippen LogP) is 14.2. The molecule has 9 rings (SSSR count). The smallest absolute Gasteiger partial charge is 0.166 e. The van der Waals surface area contributed by atoms with Crippen LogP contribution in [0.5, 0.6) is 0 Å².